The molecule has 0 bridgehead atoms. The Balaban J connectivity index is 0.00000145. The minimum absolute atomic E-state index is 0.0231. The topological polar surface area (TPSA) is 87.8 Å². The Labute approximate surface area is 174 Å². The number of carbonyl (C=O) groups is 2. The van der Waals surface area contributed by atoms with Gasteiger partial charge in [-0.2, -0.15) is 0 Å². The van der Waals surface area contributed by atoms with Gasteiger partial charge in [-0.25, -0.2) is 4.99 Å². The first-order chi connectivity index (χ1) is 13.9. The van der Waals surface area contributed by atoms with Gasteiger partial charge in [0.25, 0.3) is 0 Å². The Morgan fingerprint density at radius 3 is 2.45 bits per heavy atom. The van der Waals surface area contributed by atoms with Crippen LogP contribution in [0.15, 0.2) is 35.3 Å². The Kier molecular flexibility index (Phi) is 7.82. The number of nitrogens with two attached hydrogens (primary N) is 1. The first kappa shape index (κ1) is 22.9. The van der Waals surface area contributed by atoms with E-state index < -0.39 is 0 Å². The van der Waals surface area contributed by atoms with Gasteiger partial charge in [0.05, 0.1) is 18.0 Å². The molecule has 3 rings (SSSR count). The van der Waals surface area contributed by atoms with E-state index in [-0.39, 0.29) is 35.2 Å². The normalized spacial score (nSPS) is 23.4. The van der Waals surface area contributed by atoms with Crippen molar-refractivity contribution in [2.75, 3.05) is 6.54 Å². The molecular weight excluding hydrogens is 364 g/mol. The van der Waals surface area contributed by atoms with Gasteiger partial charge >= 0.3 is 0 Å². The zero-order valence-electron chi connectivity index (χ0n) is 18.4. The van der Waals surface area contributed by atoms with E-state index in [0.717, 1.165) is 24.8 Å². The Morgan fingerprint density at radius 1 is 1.28 bits per heavy atom. The lowest BCUT2D eigenvalue weighted by Gasteiger charge is -2.36. The van der Waals surface area contributed by atoms with Crippen LogP contribution in [0.25, 0.3) is 0 Å². The molecule has 1 heterocycles. The van der Waals surface area contributed by atoms with Gasteiger partial charge in [-0.3, -0.25) is 14.5 Å². The van der Waals surface area contributed by atoms with E-state index in [2.05, 4.69) is 10.3 Å². The fraction of sp³-hybridized carbons (Fsp3) is 0.609. The van der Waals surface area contributed by atoms with Crippen LogP contribution in [0.4, 0.5) is 0 Å². The fourth-order valence-electron chi connectivity index (χ4n) is 3.85. The van der Waals surface area contributed by atoms with E-state index in [1.807, 2.05) is 65.0 Å². The first-order valence-electron chi connectivity index (χ1n) is 10.9. The van der Waals surface area contributed by atoms with Crippen LogP contribution >= 0.6 is 0 Å². The minimum atomic E-state index is -0.358. The molecule has 0 spiro atoms. The minimum Gasteiger partial charge on any atom is -0.369 e. The number of carbonyl (C=O) groups excluding carboxylic acids is 2. The largest absolute Gasteiger partial charge is 0.369 e. The summed E-state index contributed by atoms with van der Waals surface area (Å²) < 4.78 is 0. The number of nitrogens with zero attached hydrogens (tertiary/aromatic N) is 2. The third-order valence-electron chi connectivity index (χ3n) is 6.06. The van der Waals surface area contributed by atoms with Crippen LogP contribution < -0.4 is 11.1 Å². The number of guanidine groups is 1. The van der Waals surface area contributed by atoms with Gasteiger partial charge in [-0.1, -0.05) is 58.0 Å². The highest BCUT2D eigenvalue weighted by atomic mass is 16.2. The van der Waals surface area contributed by atoms with E-state index in [0.29, 0.717) is 18.9 Å². The summed E-state index contributed by atoms with van der Waals surface area (Å²) in [5, 5.41) is 3.08. The maximum absolute atomic E-state index is 12.6. The predicted octanol–water partition coefficient (Wildman–Crippen LogP) is 3.63. The van der Waals surface area contributed by atoms with E-state index in [1.54, 1.807) is 4.90 Å². The number of amides is 2. The number of hydrogen-bond donors (Lipinski definition) is 2. The second kappa shape index (κ2) is 9.90. The molecule has 29 heavy (non-hydrogen) atoms. The standard InChI is InChI=1S/C21H30N4O2.C2H6/c1-4-21(5-2)12-18(26)25(20(22)24-21)13-16-11-17(16)19(27)23-14(3)15-9-7-6-8-10-15;1-2/h6-10,14,16-17H,4-5,11-13H2,1-3H3,(H2,22,24)(H,23,27);1-2H3/t14-,16+,17?;/m0./s1. The van der Waals surface area contributed by atoms with Gasteiger partial charge in [0.1, 0.15) is 0 Å². The molecule has 1 saturated carbocycles. The monoisotopic (exact) mass is 400 g/mol. The molecular formula is C23H36N4O2. The second-order valence-electron chi connectivity index (χ2n) is 7.83. The maximum atomic E-state index is 12.6. The molecule has 2 aliphatic rings. The molecule has 1 fully saturated rings. The molecule has 0 radical (unpaired) electrons. The van der Waals surface area contributed by atoms with Crippen LogP contribution in [0.2, 0.25) is 0 Å². The van der Waals surface area contributed by atoms with Gasteiger partial charge in [0, 0.05) is 12.5 Å². The van der Waals surface area contributed by atoms with Crippen LogP contribution in [0, 0.1) is 11.8 Å². The lowest BCUT2D eigenvalue weighted by atomic mass is 9.88. The number of nitrogens with one attached hydrogen (secondary N) is 1. The SMILES string of the molecule is CC.CCC1(CC)CC(=O)N(C[C@H]2CC2C(=O)N[C@@H](C)c2ccccc2)C(N)=N1. The summed E-state index contributed by atoms with van der Waals surface area (Å²) in [6.45, 7) is 10.5. The van der Waals surface area contributed by atoms with Crippen LogP contribution in [-0.2, 0) is 9.59 Å². The smallest absolute Gasteiger partial charge is 0.231 e. The van der Waals surface area contributed by atoms with Gasteiger partial charge in [0.2, 0.25) is 11.8 Å². The second-order valence-corrected chi connectivity index (χ2v) is 7.83. The van der Waals surface area contributed by atoms with Gasteiger partial charge in [0.15, 0.2) is 5.96 Å². The summed E-state index contributed by atoms with van der Waals surface area (Å²) in [6.07, 6.45) is 2.79. The van der Waals surface area contributed by atoms with Crippen LogP contribution in [0.5, 0.6) is 0 Å². The molecule has 0 aromatic heterocycles. The van der Waals surface area contributed by atoms with Crippen molar-refractivity contribution < 1.29 is 9.59 Å². The molecule has 2 amide bonds. The van der Waals surface area contributed by atoms with Crippen molar-refractivity contribution in [3.63, 3.8) is 0 Å². The zero-order valence-corrected chi connectivity index (χ0v) is 18.4. The number of benzene rings is 1. The van der Waals surface area contributed by atoms with E-state index in [4.69, 9.17) is 5.73 Å². The highest BCUT2D eigenvalue weighted by molar-refractivity contribution is 5.99. The van der Waals surface area contributed by atoms with Gasteiger partial charge < -0.3 is 11.1 Å². The summed E-state index contributed by atoms with van der Waals surface area (Å²) in [4.78, 5) is 31.3. The third kappa shape index (κ3) is 5.37. The average molecular weight is 401 g/mol. The highest BCUT2D eigenvalue weighted by Crippen LogP contribution is 2.40. The predicted molar refractivity (Wildman–Crippen MR) is 117 cm³/mol. The summed E-state index contributed by atoms with van der Waals surface area (Å²) in [5.41, 5.74) is 6.83. The summed E-state index contributed by atoms with van der Waals surface area (Å²) in [5.74, 6) is 0.476. The molecule has 160 valence electrons. The summed E-state index contributed by atoms with van der Waals surface area (Å²) in [7, 11) is 0. The highest BCUT2D eigenvalue weighted by Gasteiger charge is 2.46. The van der Waals surface area contributed by atoms with Crippen molar-refractivity contribution in [2.45, 2.75) is 71.9 Å². The van der Waals surface area contributed by atoms with E-state index >= 15 is 0 Å². The van der Waals surface area contributed by atoms with Crippen molar-refractivity contribution in [3.8, 4) is 0 Å². The quantitative estimate of drug-likeness (QED) is 0.732. The van der Waals surface area contributed by atoms with E-state index in [1.165, 1.54) is 0 Å². The molecule has 0 saturated heterocycles. The molecule has 1 aliphatic carbocycles. The first-order valence-corrected chi connectivity index (χ1v) is 10.9. The Morgan fingerprint density at radius 2 is 1.90 bits per heavy atom. The molecule has 1 aromatic rings. The fourth-order valence-corrected chi connectivity index (χ4v) is 3.85. The zero-order chi connectivity index (χ0) is 21.6. The van der Waals surface area contributed by atoms with Crippen molar-refractivity contribution >= 4 is 17.8 Å². The summed E-state index contributed by atoms with van der Waals surface area (Å²) in [6, 6.07) is 9.88. The average Bonchev–Trinajstić information content (AvgIpc) is 3.52. The molecule has 1 unspecified atom stereocenters. The van der Waals surface area contributed by atoms with Crippen LogP contribution in [-0.4, -0.2) is 34.8 Å². The molecule has 6 heteroatoms. The number of rotatable bonds is 7. The van der Waals surface area contributed by atoms with E-state index in [9.17, 15) is 9.59 Å². The number of hydrogen-bond acceptors (Lipinski definition) is 4. The van der Waals surface area contributed by atoms with Crippen LogP contribution in [0.3, 0.4) is 0 Å². The van der Waals surface area contributed by atoms with Crippen molar-refractivity contribution in [1.82, 2.24) is 10.2 Å². The lowest BCUT2D eigenvalue weighted by Crippen LogP contribution is -2.52. The molecule has 3 N–H and O–H groups in total. The molecule has 1 aliphatic heterocycles. The van der Waals surface area contributed by atoms with Gasteiger partial charge in [-0.05, 0) is 37.7 Å². The lowest BCUT2D eigenvalue weighted by molar-refractivity contribution is -0.130. The molecule has 6 nitrogen and oxygen atoms in total. The molecule has 3 atom stereocenters. The summed E-state index contributed by atoms with van der Waals surface area (Å²) >= 11 is 0. The third-order valence-corrected chi connectivity index (χ3v) is 6.06. The number of aliphatic imine (C=N–C) groups is 1. The Bertz CT molecular complexity index is 728. The van der Waals surface area contributed by atoms with Crippen molar-refractivity contribution in [1.29, 1.82) is 0 Å². The van der Waals surface area contributed by atoms with Crippen LogP contribution in [0.1, 0.15) is 71.9 Å². The molecule has 1 aromatic carbocycles. The van der Waals surface area contributed by atoms with Crippen molar-refractivity contribution in [3.05, 3.63) is 35.9 Å². The Hall–Kier alpha value is -2.37. The van der Waals surface area contributed by atoms with Crippen molar-refractivity contribution in [2.24, 2.45) is 22.6 Å². The van der Waals surface area contributed by atoms with Gasteiger partial charge in [-0.15, -0.1) is 0 Å². The maximum Gasteiger partial charge on any atom is 0.231 e.